The first-order chi connectivity index (χ1) is 7.12. The van der Waals surface area contributed by atoms with E-state index in [0.29, 0.717) is 11.8 Å². The molecule has 1 N–H and O–H groups in total. The zero-order valence-corrected chi connectivity index (χ0v) is 10.00. The number of nitrogens with zero attached hydrogens (tertiary/aromatic N) is 1. The van der Waals surface area contributed by atoms with Crippen LogP contribution in [-0.4, -0.2) is 9.48 Å². The molecular weight excluding hydrogens is 206 g/mol. The Morgan fingerprint density at radius 2 is 2.40 bits per heavy atom. The van der Waals surface area contributed by atoms with Gasteiger partial charge in [-0.3, -0.25) is 0 Å². The maximum Gasteiger partial charge on any atom is 0.118 e. The maximum absolute atomic E-state index is 10.4. The minimum absolute atomic E-state index is 0.609. The fourth-order valence-corrected chi connectivity index (χ4v) is 2.73. The van der Waals surface area contributed by atoms with E-state index in [1.807, 2.05) is 12.1 Å². The Morgan fingerprint density at radius 3 is 2.87 bits per heavy atom. The van der Waals surface area contributed by atoms with Gasteiger partial charge in [0.15, 0.2) is 0 Å². The van der Waals surface area contributed by atoms with E-state index in [4.69, 9.17) is 0 Å². The van der Waals surface area contributed by atoms with Crippen LogP contribution in [0.4, 0.5) is 0 Å². The minimum Gasteiger partial charge on any atom is -0.380 e. The van der Waals surface area contributed by atoms with Crippen molar-refractivity contribution in [2.45, 2.75) is 32.3 Å². The highest BCUT2D eigenvalue weighted by atomic mass is 32.1. The van der Waals surface area contributed by atoms with Gasteiger partial charge >= 0.3 is 0 Å². The summed E-state index contributed by atoms with van der Waals surface area (Å²) in [6.07, 6.45) is 7.74. The van der Waals surface area contributed by atoms with Crippen LogP contribution in [0.2, 0.25) is 0 Å². The smallest absolute Gasteiger partial charge is 0.118 e. The van der Waals surface area contributed by atoms with Gasteiger partial charge in [0.2, 0.25) is 0 Å². The van der Waals surface area contributed by atoms with Gasteiger partial charge in [0, 0.05) is 6.20 Å². The Labute approximate surface area is 94.8 Å². The van der Waals surface area contributed by atoms with E-state index in [1.165, 1.54) is 11.5 Å². The van der Waals surface area contributed by atoms with Gasteiger partial charge in [-0.1, -0.05) is 26.0 Å². The fourth-order valence-electron chi connectivity index (χ4n) is 2.05. The molecule has 1 aliphatic carbocycles. The Kier molecular flexibility index (Phi) is 2.94. The van der Waals surface area contributed by atoms with Gasteiger partial charge in [0.1, 0.15) is 5.60 Å². The maximum atomic E-state index is 10.4. The molecule has 1 aromatic heterocycles. The molecule has 1 aromatic rings. The molecule has 82 valence electrons. The second-order valence-corrected chi connectivity index (χ2v) is 5.44. The SMILES string of the molecule is CC(C)C1C=CC(O)(c2ccns2)CC1. The van der Waals surface area contributed by atoms with Crippen molar-refractivity contribution in [1.82, 2.24) is 4.37 Å². The predicted molar refractivity (Wildman–Crippen MR) is 62.7 cm³/mol. The molecule has 2 unspecified atom stereocenters. The van der Waals surface area contributed by atoms with Crippen LogP contribution >= 0.6 is 11.5 Å². The lowest BCUT2D eigenvalue weighted by atomic mass is 9.79. The van der Waals surface area contributed by atoms with Crippen LogP contribution in [0.15, 0.2) is 24.4 Å². The lowest BCUT2D eigenvalue weighted by molar-refractivity contribution is 0.0666. The van der Waals surface area contributed by atoms with Crippen LogP contribution in [0.25, 0.3) is 0 Å². The Balaban J connectivity index is 2.17. The number of hydrogen-bond donors (Lipinski definition) is 1. The summed E-state index contributed by atoms with van der Waals surface area (Å²) < 4.78 is 4.04. The Bertz CT molecular complexity index is 345. The lowest BCUT2D eigenvalue weighted by Crippen LogP contribution is -2.27. The highest BCUT2D eigenvalue weighted by Crippen LogP contribution is 2.37. The van der Waals surface area contributed by atoms with Crippen molar-refractivity contribution in [3.05, 3.63) is 29.3 Å². The average Bonchev–Trinajstić information content (AvgIpc) is 2.71. The standard InChI is InChI=1S/C12H17NOS/c1-9(2)10-3-6-12(14,7-4-10)11-5-8-13-15-11/h3,5-6,8-10,14H,4,7H2,1-2H3. The molecule has 0 aromatic carbocycles. The number of aromatic nitrogens is 1. The van der Waals surface area contributed by atoms with E-state index in [0.717, 1.165) is 17.7 Å². The molecule has 2 nitrogen and oxygen atoms in total. The zero-order chi connectivity index (χ0) is 10.9. The third-order valence-corrected chi connectivity index (χ3v) is 4.11. The minimum atomic E-state index is -0.757. The Hall–Kier alpha value is -0.670. The fraction of sp³-hybridized carbons (Fsp3) is 0.583. The van der Waals surface area contributed by atoms with Crippen molar-refractivity contribution >= 4 is 11.5 Å². The van der Waals surface area contributed by atoms with E-state index < -0.39 is 5.60 Å². The molecule has 0 fully saturated rings. The van der Waals surface area contributed by atoms with Crippen molar-refractivity contribution in [3.63, 3.8) is 0 Å². The van der Waals surface area contributed by atoms with Crippen molar-refractivity contribution in [1.29, 1.82) is 0 Å². The molecule has 0 amide bonds. The lowest BCUT2D eigenvalue weighted by Gasteiger charge is -2.31. The predicted octanol–water partition coefficient (Wildman–Crippen LogP) is 2.95. The van der Waals surface area contributed by atoms with Crippen molar-refractivity contribution in [2.24, 2.45) is 11.8 Å². The van der Waals surface area contributed by atoms with Crippen LogP contribution in [0.3, 0.4) is 0 Å². The quantitative estimate of drug-likeness (QED) is 0.782. The molecule has 2 rings (SSSR count). The van der Waals surface area contributed by atoms with Crippen LogP contribution in [0.1, 0.15) is 31.6 Å². The van der Waals surface area contributed by atoms with Gasteiger partial charge in [-0.05, 0) is 42.3 Å². The summed E-state index contributed by atoms with van der Waals surface area (Å²) in [6.45, 7) is 4.46. The van der Waals surface area contributed by atoms with Crippen molar-refractivity contribution < 1.29 is 5.11 Å². The summed E-state index contributed by atoms with van der Waals surface area (Å²) >= 11 is 1.39. The van der Waals surface area contributed by atoms with Crippen LogP contribution in [0, 0.1) is 11.8 Å². The van der Waals surface area contributed by atoms with Gasteiger partial charge in [-0.2, -0.15) is 0 Å². The molecule has 15 heavy (non-hydrogen) atoms. The van der Waals surface area contributed by atoms with E-state index in [9.17, 15) is 5.11 Å². The van der Waals surface area contributed by atoms with Gasteiger partial charge < -0.3 is 5.11 Å². The second-order valence-electron chi connectivity index (χ2n) is 4.61. The number of allylic oxidation sites excluding steroid dienone is 1. The van der Waals surface area contributed by atoms with Gasteiger partial charge in [-0.25, -0.2) is 4.37 Å². The summed E-state index contributed by atoms with van der Waals surface area (Å²) in [4.78, 5) is 0.959. The normalized spacial score (nSPS) is 31.1. The molecule has 3 heteroatoms. The van der Waals surface area contributed by atoms with Gasteiger partial charge in [-0.15, -0.1) is 0 Å². The number of rotatable bonds is 2. The van der Waals surface area contributed by atoms with E-state index in [-0.39, 0.29) is 0 Å². The zero-order valence-electron chi connectivity index (χ0n) is 9.18. The van der Waals surface area contributed by atoms with Crippen molar-refractivity contribution in [2.75, 3.05) is 0 Å². The highest BCUT2D eigenvalue weighted by molar-refractivity contribution is 7.05. The molecule has 0 bridgehead atoms. The van der Waals surface area contributed by atoms with Gasteiger partial charge in [0.25, 0.3) is 0 Å². The molecular formula is C12H17NOS. The second kappa shape index (κ2) is 4.06. The summed E-state index contributed by atoms with van der Waals surface area (Å²) in [7, 11) is 0. The van der Waals surface area contributed by atoms with Gasteiger partial charge in [0.05, 0.1) is 4.88 Å². The molecule has 0 aliphatic heterocycles. The summed E-state index contributed by atoms with van der Waals surface area (Å²) in [6, 6.07) is 1.91. The molecule has 1 aliphatic rings. The van der Waals surface area contributed by atoms with E-state index in [2.05, 4.69) is 24.3 Å². The monoisotopic (exact) mass is 223 g/mol. The number of aliphatic hydroxyl groups is 1. The number of hydrogen-bond acceptors (Lipinski definition) is 3. The molecule has 1 heterocycles. The first-order valence-electron chi connectivity index (χ1n) is 5.45. The van der Waals surface area contributed by atoms with Crippen molar-refractivity contribution in [3.8, 4) is 0 Å². The van der Waals surface area contributed by atoms with Crippen LogP contribution < -0.4 is 0 Å². The van der Waals surface area contributed by atoms with E-state index in [1.54, 1.807) is 6.20 Å². The first kappa shape index (κ1) is 10.8. The van der Waals surface area contributed by atoms with E-state index >= 15 is 0 Å². The topological polar surface area (TPSA) is 33.1 Å². The molecule has 0 saturated carbocycles. The molecule has 0 radical (unpaired) electrons. The average molecular weight is 223 g/mol. The summed E-state index contributed by atoms with van der Waals surface area (Å²) in [5, 5.41) is 10.4. The van der Waals surface area contributed by atoms with Crippen LogP contribution in [-0.2, 0) is 5.60 Å². The molecule has 2 atom stereocenters. The first-order valence-corrected chi connectivity index (χ1v) is 6.22. The van der Waals surface area contributed by atoms with Crippen LogP contribution in [0.5, 0.6) is 0 Å². The third-order valence-electron chi connectivity index (χ3n) is 3.20. The molecule has 0 spiro atoms. The Morgan fingerprint density at radius 1 is 1.60 bits per heavy atom. The largest absolute Gasteiger partial charge is 0.380 e. The highest BCUT2D eigenvalue weighted by Gasteiger charge is 2.32. The molecule has 0 saturated heterocycles. The third kappa shape index (κ3) is 2.13. The summed E-state index contributed by atoms with van der Waals surface area (Å²) in [5.74, 6) is 1.27. The summed E-state index contributed by atoms with van der Waals surface area (Å²) in [5.41, 5.74) is -0.757.